The molecule has 1 atom stereocenters. The molecule has 1 rings (SSSR count). The smallest absolute Gasteiger partial charge is 0.129 e. The fourth-order valence-corrected chi connectivity index (χ4v) is 2.23. The second-order valence-corrected chi connectivity index (χ2v) is 5.54. The first-order valence-electron chi connectivity index (χ1n) is 7.02. The van der Waals surface area contributed by atoms with Crippen molar-refractivity contribution in [2.75, 3.05) is 0 Å². The molecule has 0 aliphatic rings. The van der Waals surface area contributed by atoms with Gasteiger partial charge in [-0.2, -0.15) is 0 Å². The number of aryl methyl sites for hydroxylation is 2. The van der Waals surface area contributed by atoms with Gasteiger partial charge in [0.2, 0.25) is 0 Å². The number of nitrogens with two attached hydrogens (primary N) is 1. The van der Waals surface area contributed by atoms with Crippen molar-refractivity contribution in [3.8, 4) is 0 Å². The molecule has 0 amide bonds. The third-order valence-electron chi connectivity index (χ3n) is 3.36. The van der Waals surface area contributed by atoms with Crippen molar-refractivity contribution < 1.29 is 4.39 Å². The van der Waals surface area contributed by atoms with Gasteiger partial charge >= 0.3 is 0 Å². The molecule has 0 aliphatic carbocycles. The molecule has 1 nitrogen and oxygen atoms in total. The Kier molecular flexibility index (Phi) is 5.80. The number of rotatable bonds is 6. The Morgan fingerprint density at radius 2 is 1.89 bits per heavy atom. The summed E-state index contributed by atoms with van der Waals surface area (Å²) in [7, 11) is 0. The van der Waals surface area contributed by atoms with Crippen molar-refractivity contribution in [3.05, 3.63) is 34.6 Å². The fraction of sp³-hybridized carbons (Fsp3) is 0.625. The summed E-state index contributed by atoms with van der Waals surface area (Å²) in [6.45, 7) is 8.13. The molecule has 0 saturated carbocycles. The molecule has 0 saturated heterocycles. The van der Waals surface area contributed by atoms with Crippen LogP contribution >= 0.6 is 0 Å². The molecule has 1 aromatic rings. The second-order valence-electron chi connectivity index (χ2n) is 5.54. The predicted molar refractivity (Wildman–Crippen MR) is 76.5 cm³/mol. The average molecular weight is 251 g/mol. The summed E-state index contributed by atoms with van der Waals surface area (Å²) in [6.07, 6.45) is 3.85. The first-order valence-corrected chi connectivity index (χ1v) is 7.02. The molecule has 1 aromatic carbocycles. The maximum Gasteiger partial charge on any atom is 0.129 e. The molecule has 2 N–H and O–H groups in total. The van der Waals surface area contributed by atoms with Crippen LogP contribution in [0.15, 0.2) is 12.1 Å². The average Bonchev–Trinajstić information content (AvgIpc) is 2.30. The van der Waals surface area contributed by atoms with E-state index in [0.717, 1.165) is 36.8 Å². The van der Waals surface area contributed by atoms with Gasteiger partial charge in [0.05, 0.1) is 0 Å². The Morgan fingerprint density at radius 1 is 1.22 bits per heavy atom. The summed E-state index contributed by atoms with van der Waals surface area (Å²) in [5.41, 5.74) is 8.70. The lowest BCUT2D eigenvalue weighted by molar-refractivity contribution is 0.580. The number of benzene rings is 1. The van der Waals surface area contributed by atoms with Crippen LogP contribution < -0.4 is 5.73 Å². The van der Waals surface area contributed by atoms with Gasteiger partial charge in [-0.05, 0) is 55.2 Å². The zero-order valence-electron chi connectivity index (χ0n) is 12.1. The van der Waals surface area contributed by atoms with Crippen LogP contribution in [-0.2, 0) is 12.8 Å². The highest BCUT2D eigenvalue weighted by Crippen LogP contribution is 2.24. The van der Waals surface area contributed by atoms with Crippen molar-refractivity contribution in [2.45, 2.75) is 65.3 Å². The van der Waals surface area contributed by atoms with Crippen LogP contribution in [0.4, 0.5) is 4.39 Å². The van der Waals surface area contributed by atoms with Gasteiger partial charge in [-0.1, -0.05) is 32.9 Å². The van der Waals surface area contributed by atoms with Crippen molar-refractivity contribution in [1.29, 1.82) is 0 Å². The Bertz CT molecular complexity index is 383. The third kappa shape index (κ3) is 4.09. The molecule has 2 heteroatoms. The van der Waals surface area contributed by atoms with Gasteiger partial charge in [-0.3, -0.25) is 0 Å². The van der Waals surface area contributed by atoms with Crippen molar-refractivity contribution in [3.63, 3.8) is 0 Å². The molecule has 0 bridgehead atoms. The number of halogens is 1. The van der Waals surface area contributed by atoms with Gasteiger partial charge in [-0.15, -0.1) is 0 Å². The van der Waals surface area contributed by atoms with E-state index < -0.39 is 0 Å². The molecular formula is C16H26FN. The van der Waals surface area contributed by atoms with E-state index >= 15 is 0 Å². The van der Waals surface area contributed by atoms with Gasteiger partial charge < -0.3 is 5.73 Å². The number of hydrogen-bond acceptors (Lipinski definition) is 1. The Morgan fingerprint density at radius 3 is 2.39 bits per heavy atom. The minimum atomic E-state index is -0.0107. The van der Waals surface area contributed by atoms with Gasteiger partial charge in [-0.25, -0.2) is 4.39 Å². The summed E-state index contributed by atoms with van der Waals surface area (Å²) >= 11 is 0. The van der Waals surface area contributed by atoms with Crippen molar-refractivity contribution in [2.24, 2.45) is 5.73 Å². The highest BCUT2D eigenvalue weighted by Gasteiger charge is 2.12. The van der Waals surface area contributed by atoms with Gasteiger partial charge in [0.1, 0.15) is 5.82 Å². The number of hydrogen-bond donors (Lipinski definition) is 1. The summed E-state index contributed by atoms with van der Waals surface area (Å²) in [5, 5.41) is 0. The highest BCUT2D eigenvalue weighted by atomic mass is 19.1. The molecule has 0 radical (unpaired) electrons. The summed E-state index contributed by atoms with van der Waals surface area (Å²) in [5.74, 6) is 0.229. The summed E-state index contributed by atoms with van der Waals surface area (Å²) in [4.78, 5) is 0. The maximum atomic E-state index is 14.1. The van der Waals surface area contributed by atoms with Gasteiger partial charge in [0.25, 0.3) is 0 Å². The summed E-state index contributed by atoms with van der Waals surface area (Å²) < 4.78 is 14.1. The molecular weight excluding hydrogens is 225 g/mol. The predicted octanol–water partition coefficient (Wildman–Crippen LogP) is 4.18. The molecule has 0 fully saturated rings. The molecule has 102 valence electrons. The Hall–Kier alpha value is -0.890. The SMILES string of the molecule is CCc1cc(CCCC(C)N)cc(C(C)C)c1F. The lowest BCUT2D eigenvalue weighted by atomic mass is 9.93. The first-order chi connectivity index (χ1) is 8.45. The van der Waals surface area contributed by atoms with E-state index in [2.05, 4.69) is 0 Å². The molecule has 18 heavy (non-hydrogen) atoms. The zero-order chi connectivity index (χ0) is 13.7. The molecule has 1 unspecified atom stereocenters. The summed E-state index contributed by atoms with van der Waals surface area (Å²) in [6, 6.07) is 4.29. The lowest BCUT2D eigenvalue weighted by Gasteiger charge is -2.14. The topological polar surface area (TPSA) is 26.0 Å². The Balaban J connectivity index is 2.88. The molecule has 0 aliphatic heterocycles. The minimum absolute atomic E-state index is 0.0107. The van der Waals surface area contributed by atoms with Crippen molar-refractivity contribution >= 4 is 0 Å². The maximum absolute atomic E-state index is 14.1. The largest absolute Gasteiger partial charge is 0.328 e. The van der Waals surface area contributed by atoms with E-state index in [-0.39, 0.29) is 17.8 Å². The standard InChI is InChI=1S/C16H26FN/c1-5-14-9-13(8-6-7-12(4)18)10-15(11(2)3)16(14)17/h9-12H,5-8,18H2,1-4H3. The normalized spacial score (nSPS) is 13.1. The van der Waals surface area contributed by atoms with E-state index in [4.69, 9.17) is 5.73 Å². The Labute approximate surface area is 111 Å². The lowest BCUT2D eigenvalue weighted by Crippen LogP contribution is -2.14. The molecule has 0 spiro atoms. The zero-order valence-corrected chi connectivity index (χ0v) is 12.1. The monoisotopic (exact) mass is 251 g/mol. The van der Waals surface area contributed by atoms with Crippen LogP contribution in [0.2, 0.25) is 0 Å². The van der Waals surface area contributed by atoms with E-state index in [9.17, 15) is 4.39 Å². The van der Waals surface area contributed by atoms with Crippen LogP contribution in [0.1, 0.15) is 63.1 Å². The molecule has 0 heterocycles. The quantitative estimate of drug-likeness (QED) is 0.806. The van der Waals surface area contributed by atoms with Crippen LogP contribution in [0.25, 0.3) is 0 Å². The van der Waals surface area contributed by atoms with Gasteiger partial charge in [0.15, 0.2) is 0 Å². The second kappa shape index (κ2) is 6.89. The van der Waals surface area contributed by atoms with Gasteiger partial charge in [0, 0.05) is 6.04 Å². The first kappa shape index (κ1) is 15.2. The van der Waals surface area contributed by atoms with E-state index in [1.807, 2.05) is 39.8 Å². The van der Waals surface area contributed by atoms with E-state index in [1.165, 1.54) is 5.56 Å². The van der Waals surface area contributed by atoms with E-state index in [0.29, 0.717) is 0 Å². The fourth-order valence-electron chi connectivity index (χ4n) is 2.23. The third-order valence-corrected chi connectivity index (χ3v) is 3.36. The van der Waals surface area contributed by atoms with Crippen molar-refractivity contribution in [1.82, 2.24) is 0 Å². The van der Waals surface area contributed by atoms with Crippen LogP contribution in [-0.4, -0.2) is 6.04 Å². The van der Waals surface area contributed by atoms with Crippen LogP contribution in [0, 0.1) is 5.82 Å². The van der Waals surface area contributed by atoms with E-state index in [1.54, 1.807) is 0 Å². The van der Waals surface area contributed by atoms with Crippen LogP contribution in [0.3, 0.4) is 0 Å². The van der Waals surface area contributed by atoms with Crippen LogP contribution in [0.5, 0.6) is 0 Å². The highest BCUT2D eigenvalue weighted by molar-refractivity contribution is 5.34. The minimum Gasteiger partial charge on any atom is -0.328 e. The molecule has 0 aromatic heterocycles.